The van der Waals surface area contributed by atoms with Crippen LogP contribution in [0.4, 0.5) is 0 Å². The first kappa shape index (κ1) is 26.0. The fraction of sp³-hybridized carbons (Fsp3) is 1.00. The Morgan fingerprint density at radius 1 is 0.769 bits per heavy atom. The average Bonchev–Trinajstić information content (AvgIpc) is 2.60. The number of rotatable bonds is 20. The van der Waals surface area contributed by atoms with Gasteiger partial charge >= 0.3 is 0 Å². The molecule has 0 rings (SSSR count). The van der Waals surface area contributed by atoms with E-state index in [1.54, 1.807) is 0 Å². The third-order valence-corrected chi connectivity index (χ3v) is 5.77. The Balaban J connectivity index is 3.19. The highest BCUT2D eigenvalue weighted by atomic mass is 32.2. The van der Waals surface area contributed by atoms with Crippen LogP contribution >= 0.6 is 0 Å². The lowest BCUT2D eigenvalue weighted by molar-refractivity contribution is 0.0151. The number of aliphatic hydroxyl groups is 1. The number of hydrogen-bond donors (Lipinski definition) is 1. The third-order valence-electron chi connectivity index (χ3n) is 4.86. The molecule has 26 heavy (non-hydrogen) atoms. The average molecular weight is 392 g/mol. The molecule has 0 bridgehead atoms. The number of aliphatic hydroxyl groups excluding tert-OH is 1. The summed E-state index contributed by atoms with van der Waals surface area (Å²) in [7, 11) is 0. The molecule has 0 aliphatic carbocycles. The molecule has 5 heteroatoms. The number of unbranched alkanes of at least 4 members (excludes halogenated alkanes) is 15. The van der Waals surface area contributed by atoms with Crippen LogP contribution in [-0.2, 0) is 15.8 Å². The van der Waals surface area contributed by atoms with Crippen LogP contribution in [0.2, 0.25) is 0 Å². The zero-order chi connectivity index (χ0) is 19.5. The van der Waals surface area contributed by atoms with E-state index in [2.05, 4.69) is 6.92 Å². The summed E-state index contributed by atoms with van der Waals surface area (Å²) < 4.78 is 26.9. The van der Waals surface area contributed by atoms with E-state index in [0.29, 0.717) is 6.61 Å². The van der Waals surface area contributed by atoms with Gasteiger partial charge in [0.15, 0.2) is 0 Å². The van der Waals surface area contributed by atoms with Gasteiger partial charge in [-0.1, -0.05) is 103 Å². The molecular formula is C21H43O4S-. The summed E-state index contributed by atoms with van der Waals surface area (Å²) in [6, 6.07) is 0. The van der Waals surface area contributed by atoms with Gasteiger partial charge in [-0.15, -0.1) is 0 Å². The molecule has 4 nitrogen and oxygen atoms in total. The summed E-state index contributed by atoms with van der Waals surface area (Å²) in [4.78, 5) is 0. The van der Waals surface area contributed by atoms with Crippen molar-refractivity contribution in [3.05, 3.63) is 0 Å². The van der Waals surface area contributed by atoms with Crippen molar-refractivity contribution in [1.82, 2.24) is 0 Å². The van der Waals surface area contributed by atoms with E-state index in [1.807, 2.05) is 0 Å². The maximum atomic E-state index is 10.9. The van der Waals surface area contributed by atoms with E-state index in [0.717, 1.165) is 12.8 Å². The maximum absolute atomic E-state index is 10.9. The molecule has 3 atom stereocenters. The van der Waals surface area contributed by atoms with E-state index in [9.17, 15) is 13.9 Å². The van der Waals surface area contributed by atoms with Crippen molar-refractivity contribution in [2.24, 2.45) is 0 Å². The van der Waals surface area contributed by atoms with Gasteiger partial charge in [0.25, 0.3) is 0 Å². The van der Waals surface area contributed by atoms with Crippen molar-refractivity contribution >= 4 is 11.1 Å². The molecule has 3 unspecified atom stereocenters. The highest BCUT2D eigenvalue weighted by Gasteiger charge is 2.15. The van der Waals surface area contributed by atoms with Crippen molar-refractivity contribution in [2.45, 2.75) is 128 Å². The largest absolute Gasteiger partial charge is 0.770 e. The fourth-order valence-electron chi connectivity index (χ4n) is 3.21. The Kier molecular flexibility index (Phi) is 19.8. The smallest absolute Gasteiger partial charge is 0.144 e. The van der Waals surface area contributed by atoms with Gasteiger partial charge in [0.2, 0.25) is 0 Å². The van der Waals surface area contributed by atoms with Gasteiger partial charge in [-0.05, 0) is 24.4 Å². The molecule has 1 N–H and O–H groups in total. The Bertz CT molecular complexity index is 310. The van der Waals surface area contributed by atoms with Crippen molar-refractivity contribution in [1.29, 1.82) is 0 Å². The summed E-state index contributed by atoms with van der Waals surface area (Å²) in [6.07, 6.45) is 20.0. The third kappa shape index (κ3) is 17.4. The lowest BCUT2D eigenvalue weighted by atomic mass is 10.0. The second-order valence-corrected chi connectivity index (χ2v) is 8.53. The quantitative estimate of drug-likeness (QED) is 0.209. The second-order valence-electron chi connectivity index (χ2n) is 7.54. The van der Waals surface area contributed by atoms with Crippen LogP contribution in [0.25, 0.3) is 0 Å². The van der Waals surface area contributed by atoms with Crippen LogP contribution in [0.15, 0.2) is 0 Å². The minimum Gasteiger partial charge on any atom is -0.770 e. The topological polar surface area (TPSA) is 69.6 Å². The molecule has 0 aliphatic heterocycles. The first-order valence-corrected chi connectivity index (χ1v) is 12.1. The lowest BCUT2D eigenvalue weighted by Gasteiger charge is -2.22. The predicted octanol–water partition coefficient (Wildman–Crippen LogP) is 5.85. The summed E-state index contributed by atoms with van der Waals surface area (Å²) in [5.41, 5.74) is -1.09. The SMILES string of the molecule is CCCCCCCCCCCCCCCCCCOC(C(C)O)S(=O)[O-]. The molecule has 0 aromatic heterocycles. The zero-order valence-electron chi connectivity index (χ0n) is 17.3. The van der Waals surface area contributed by atoms with Crippen LogP contribution in [0.3, 0.4) is 0 Å². The van der Waals surface area contributed by atoms with E-state index < -0.39 is 22.6 Å². The molecule has 0 heterocycles. The van der Waals surface area contributed by atoms with Crippen LogP contribution in [0.5, 0.6) is 0 Å². The molecule has 0 aromatic carbocycles. The van der Waals surface area contributed by atoms with Gasteiger partial charge < -0.3 is 14.4 Å². The molecular weight excluding hydrogens is 348 g/mol. The summed E-state index contributed by atoms with van der Waals surface area (Å²) in [5, 5.41) is 9.30. The standard InChI is InChI=1S/C21H44O4S/c1-3-4-5-6-7-8-9-10-11-12-13-14-15-16-17-18-19-25-21(20(2)22)26(23)24/h20-22H,3-19H2,1-2H3,(H,23,24)/p-1. The van der Waals surface area contributed by atoms with E-state index >= 15 is 0 Å². The fourth-order valence-corrected chi connectivity index (χ4v) is 3.73. The van der Waals surface area contributed by atoms with E-state index in [-0.39, 0.29) is 0 Å². The summed E-state index contributed by atoms with van der Waals surface area (Å²) in [5.74, 6) is 0. The van der Waals surface area contributed by atoms with Crippen molar-refractivity contribution in [2.75, 3.05) is 6.61 Å². The summed E-state index contributed by atoms with van der Waals surface area (Å²) in [6.45, 7) is 4.11. The molecule has 0 saturated carbocycles. The highest BCUT2D eigenvalue weighted by Crippen LogP contribution is 2.14. The minimum absolute atomic E-state index is 0.405. The van der Waals surface area contributed by atoms with Gasteiger partial charge in [0, 0.05) is 6.61 Å². The molecule has 158 valence electrons. The van der Waals surface area contributed by atoms with Crippen molar-refractivity contribution in [3.63, 3.8) is 0 Å². The Labute approximate surface area is 164 Å². The number of ether oxygens (including phenoxy) is 1. The molecule has 0 saturated heterocycles. The monoisotopic (exact) mass is 391 g/mol. The van der Waals surface area contributed by atoms with Crippen LogP contribution in [0.1, 0.15) is 117 Å². The minimum atomic E-state index is -2.37. The molecule has 0 radical (unpaired) electrons. The van der Waals surface area contributed by atoms with Crippen LogP contribution < -0.4 is 0 Å². The van der Waals surface area contributed by atoms with Crippen LogP contribution in [-0.4, -0.2) is 32.0 Å². The summed E-state index contributed by atoms with van der Waals surface area (Å²) >= 11 is -2.37. The lowest BCUT2D eigenvalue weighted by Crippen LogP contribution is -2.31. The normalized spacial score (nSPS) is 15.1. The molecule has 0 spiro atoms. The van der Waals surface area contributed by atoms with E-state index in [4.69, 9.17) is 4.74 Å². The Morgan fingerprint density at radius 3 is 1.42 bits per heavy atom. The zero-order valence-corrected chi connectivity index (χ0v) is 18.1. The molecule has 0 aromatic rings. The number of hydrogen-bond acceptors (Lipinski definition) is 4. The second kappa shape index (κ2) is 19.8. The van der Waals surface area contributed by atoms with Crippen molar-refractivity contribution < 1.29 is 18.6 Å². The van der Waals surface area contributed by atoms with Crippen molar-refractivity contribution in [3.8, 4) is 0 Å². The van der Waals surface area contributed by atoms with Gasteiger partial charge in [0.1, 0.15) is 5.44 Å². The first-order valence-electron chi connectivity index (χ1n) is 11.0. The Morgan fingerprint density at radius 2 is 1.12 bits per heavy atom. The van der Waals surface area contributed by atoms with E-state index in [1.165, 1.54) is 96.8 Å². The molecule has 0 amide bonds. The first-order chi connectivity index (χ1) is 12.6. The van der Waals surface area contributed by atoms with Gasteiger partial charge in [-0.3, -0.25) is 4.21 Å². The predicted molar refractivity (Wildman–Crippen MR) is 110 cm³/mol. The maximum Gasteiger partial charge on any atom is 0.144 e. The molecule has 0 fully saturated rings. The Hall–Kier alpha value is 0.0300. The van der Waals surface area contributed by atoms with Gasteiger partial charge in [-0.25, -0.2) is 0 Å². The molecule has 0 aliphatic rings. The highest BCUT2D eigenvalue weighted by molar-refractivity contribution is 7.79. The van der Waals surface area contributed by atoms with Gasteiger partial charge in [-0.2, -0.15) is 0 Å². The van der Waals surface area contributed by atoms with Crippen LogP contribution in [0, 0.1) is 0 Å². The van der Waals surface area contributed by atoms with Gasteiger partial charge in [0.05, 0.1) is 6.10 Å².